The lowest BCUT2D eigenvalue weighted by Gasteiger charge is -2.33. The van der Waals surface area contributed by atoms with E-state index in [0.717, 1.165) is 40.1 Å². The van der Waals surface area contributed by atoms with Crippen molar-refractivity contribution in [1.82, 2.24) is 14.9 Å². The number of carbonyl (C=O) groups excluding carboxylic acids is 2. The van der Waals surface area contributed by atoms with Crippen molar-refractivity contribution < 1.29 is 18.4 Å². The van der Waals surface area contributed by atoms with Gasteiger partial charge >= 0.3 is 0 Å². The number of nitrogens with zero attached hydrogens (tertiary/aromatic N) is 3. The summed E-state index contributed by atoms with van der Waals surface area (Å²) in [5.74, 6) is 0.744. The van der Waals surface area contributed by atoms with Crippen molar-refractivity contribution in [2.24, 2.45) is 0 Å². The van der Waals surface area contributed by atoms with E-state index in [9.17, 15) is 14.0 Å². The molecule has 0 unspecified atom stereocenters. The van der Waals surface area contributed by atoms with Gasteiger partial charge in [-0.15, -0.1) is 11.8 Å². The van der Waals surface area contributed by atoms with Gasteiger partial charge in [-0.25, -0.2) is 14.4 Å². The second-order valence-corrected chi connectivity index (χ2v) is 12.1. The van der Waals surface area contributed by atoms with Crippen LogP contribution in [0.1, 0.15) is 55.6 Å². The average molecular weight is 544 g/mol. The van der Waals surface area contributed by atoms with Gasteiger partial charge in [-0.05, 0) is 37.1 Å². The summed E-state index contributed by atoms with van der Waals surface area (Å²) in [5.41, 5.74) is 0.173. The van der Waals surface area contributed by atoms with Crippen LogP contribution in [0.25, 0.3) is 0 Å². The van der Waals surface area contributed by atoms with Crippen molar-refractivity contribution in [2.75, 3.05) is 23.7 Å². The molecule has 1 aliphatic rings. The predicted molar refractivity (Wildman–Crippen MR) is 145 cm³/mol. The number of oxazole rings is 1. The number of rotatable bonds is 8. The van der Waals surface area contributed by atoms with Gasteiger partial charge in [0.05, 0.1) is 28.0 Å². The lowest BCUT2D eigenvalue weighted by Crippen LogP contribution is -2.45. The van der Waals surface area contributed by atoms with Gasteiger partial charge < -0.3 is 20.0 Å². The van der Waals surface area contributed by atoms with Crippen molar-refractivity contribution in [3.63, 3.8) is 0 Å². The summed E-state index contributed by atoms with van der Waals surface area (Å²) in [6.45, 7) is 10.7. The molecule has 2 amide bonds. The SMILES string of the molecule is C=CC(=O)Nc1ccc(C(=O)N2CCC[C@@H](Nc3ncc(SCc4ncc(C(C)(C)C)o4)s3)C2)cc1F. The van der Waals surface area contributed by atoms with Crippen molar-refractivity contribution in [3.8, 4) is 0 Å². The molecular weight excluding hydrogens is 513 g/mol. The Kier molecular flexibility index (Phi) is 8.33. The number of nitrogens with one attached hydrogen (secondary N) is 2. The molecule has 2 aromatic heterocycles. The van der Waals surface area contributed by atoms with Crippen molar-refractivity contribution >= 4 is 45.7 Å². The van der Waals surface area contributed by atoms with E-state index >= 15 is 0 Å². The van der Waals surface area contributed by atoms with E-state index in [4.69, 9.17) is 4.42 Å². The summed E-state index contributed by atoms with van der Waals surface area (Å²) in [4.78, 5) is 35.0. The van der Waals surface area contributed by atoms with Crippen molar-refractivity contribution in [2.45, 2.75) is 55.0 Å². The predicted octanol–water partition coefficient (Wildman–Crippen LogP) is 5.70. The zero-order chi connectivity index (χ0) is 26.6. The van der Waals surface area contributed by atoms with Crippen LogP contribution in [-0.2, 0) is 16.0 Å². The molecule has 196 valence electrons. The smallest absolute Gasteiger partial charge is 0.254 e. The number of piperidine rings is 1. The maximum Gasteiger partial charge on any atom is 0.254 e. The minimum absolute atomic E-state index is 0.00884. The Labute approximate surface area is 223 Å². The Morgan fingerprint density at radius 1 is 1.32 bits per heavy atom. The van der Waals surface area contributed by atoms with Gasteiger partial charge in [0.2, 0.25) is 11.8 Å². The van der Waals surface area contributed by atoms with E-state index in [1.807, 2.05) is 6.20 Å². The first-order chi connectivity index (χ1) is 17.6. The number of amides is 2. The topological polar surface area (TPSA) is 100 Å². The lowest BCUT2D eigenvalue weighted by molar-refractivity contribution is -0.111. The van der Waals surface area contributed by atoms with Gasteiger partial charge in [-0.2, -0.15) is 0 Å². The second kappa shape index (κ2) is 11.5. The third kappa shape index (κ3) is 6.98. The van der Waals surface area contributed by atoms with Gasteiger partial charge in [0.1, 0.15) is 11.6 Å². The Morgan fingerprint density at radius 2 is 2.14 bits per heavy atom. The number of aromatic nitrogens is 2. The molecule has 1 aromatic carbocycles. The van der Waals surface area contributed by atoms with Gasteiger partial charge in [-0.1, -0.05) is 38.7 Å². The first-order valence-electron chi connectivity index (χ1n) is 11.9. The van der Waals surface area contributed by atoms with Crippen LogP contribution < -0.4 is 10.6 Å². The molecule has 0 aliphatic carbocycles. The maximum atomic E-state index is 14.4. The van der Waals surface area contributed by atoms with Crippen LogP contribution in [0.5, 0.6) is 0 Å². The Bertz CT molecular complexity index is 1280. The molecule has 8 nitrogen and oxygen atoms in total. The molecule has 1 aliphatic heterocycles. The molecule has 4 rings (SSSR count). The van der Waals surface area contributed by atoms with Crippen LogP contribution in [0.2, 0.25) is 0 Å². The summed E-state index contributed by atoms with van der Waals surface area (Å²) in [6.07, 6.45) is 6.40. The first-order valence-corrected chi connectivity index (χ1v) is 13.7. The van der Waals surface area contributed by atoms with E-state index in [2.05, 4.69) is 48.0 Å². The van der Waals surface area contributed by atoms with Gasteiger partial charge in [0, 0.05) is 30.1 Å². The largest absolute Gasteiger partial charge is 0.444 e. The molecule has 0 spiro atoms. The number of benzene rings is 1. The fourth-order valence-corrected chi connectivity index (χ4v) is 5.62. The summed E-state index contributed by atoms with van der Waals surface area (Å²) in [5, 5.41) is 6.61. The number of hydrogen-bond donors (Lipinski definition) is 2. The van der Waals surface area contributed by atoms with Crippen LogP contribution in [0, 0.1) is 5.82 Å². The summed E-state index contributed by atoms with van der Waals surface area (Å²) in [6, 6.07) is 4.10. The molecule has 11 heteroatoms. The number of thioether (sulfide) groups is 1. The van der Waals surface area contributed by atoms with Crippen molar-refractivity contribution in [1.29, 1.82) is 0 Å². The standard InChI is InChI=1S/C26H30FN5O3S2/c1-5-21(33)31-19-9-8-16(11-18(19)27)24(34)32-10-6-7-17(14-32)30-25-29-13-23(37-25)36-15-22-28-12-20(35-22)26(2,3)4/h5,8-9,11-13,17H,1,6-7,10,14-15H2,2-4H3,(H,29,30)(H,31,33)/t17-/m1/s1. The highest BCUT2D eigenvalue weighted by atomic mass is 32.2. The van der Waals surface area contributed by atoms with Crippen LogP contribution in [0.4, 0.5) is 15.2 Å². The van der Waals surface area contributed by atoms with Gasteiger partial charge in [0.25, 0.3) is 5.91 Å². The molecule has 1 saturated heterocycles. The fourth-order valence-electron chi connectivity index (χ4n) is 3.82. The molecule has 0 bridgehead atoms. The van der Waals surface area contributed by atoms with E-state index < -0.39 is 11.7 Å². The number of likely N-dealkylation sites (tertiary alicyclic amines) is 1. The number of hydrogen-bond acceptors (Lipinski definition) is 8. The van der Waals surface area contributed by atoms with E-state index in [1.165, 1.54) is 12.1 Å². The van der Waals surface area contributed by atoms with Crippen LogP contribution in [-0.4, -0.2) is 45.8 Å². The average Bonchev–Trinajstić information content (AvgIpc) is 3.53. The highest BCUT2D eigenvalue weighted by Crippen LogP contribution is 2.32. The normalized spacial score (nSPS) is 15.9. The highest BCUT2D eigenvalue weighted by molar-refractivity contribution is 8.00. The van der Waals surface area contributed by atoms with Crippen LogP contribution in [0.15, 0.2) is 51.9 Å². The molecule has 3 aromatic rings. The molecular formula is C26H30FN5O3S2. The zero-order valence-electron chi connectivity index (χ0n) is 21.0. The second-order valence-electron chi connectivity index (χ2n) is 9.76. The molecule has 2 N–H and O–H groups in total. The van der Waals surface area contributed by atoms with E-state index in [-0.39, 0.29) is 28.6 Å². The number of carbonyl (C=O) groups is 2. The fraction of sp³-hybridized carbons (Fsp3) is 0.385. The van der Waals surface area contributed by atoms with E-state index in [0.29, 0.717) is 24.7 Å². The summed E-state index contributed by atoms with van der Waals surface area (Å²) >= 11 is 3.17. The quantitative estimate of drug-likeness (QED) is 0.278. The van der Waals surface area contributed by atoms with E-state index in [1.54, 1.807) is 34.2 Å². The Morgan fingerprint density at radius 3 is 2.84 bits per heavy atom. The molecule has 0 radical (unpaired) electrons. The molecule has 0 saturated carbocycles. The number of halogens is 1. The zero-order valence-corrected chi connectivity index (χ0v) is 22.7. The maximum absolute atomic E-state index is 14.4. The van der Waals surface area contributed by atoms with Gasteiger partial charge in [-0.3, -0.25) is 9.59 Å². The minimum Gasteiger partial charge on any atom is -0.444 e. The molecule has 1 atom stereocenters. The monoisotopic (exact) mass is 543 g/mol. The first kappa shape index (κ1) is 26.9. The Balaban J connectivity index is 1.31. The van der Waals surface area contributed by atoms with Crippen LogP contribution >= 0.6 is 23.1 Å². The van der Waals surface area contributed by atoms with Gasteiger partial charge in [0.15, 0.2) is 5.13 Å². The van der Waals surface area contributed by atoms with Crippen molar-refractivity contribution in [3.05, 3.63) is 66.3 Å². The molecule has 3 heterocycles. The third-order valence-corrected chi connectivity index (χ3v) is 7.92. The molecule has 1 fully saturated rings. The Hall–Kier alpha value is -3.18. The lowest BCUT2D eigenvalue weighted by atomic mass is 9.94. The number of thiazole rings is 1. The van der Waals surface area contributed by atoms with Crippen LogP contribution in [0.3, 0.4) is 0 Å². The minimum atomic E-state index is -0.667. The third-order valence-electron chi connectivity index (χ3n) is 5.81. The summed E-state index contributed by atoms with van der Waals surface area (Å²) < 4.78 is 21.3. The highest BCUT2D eigenvalue weighted by Gasteiger charge is 2.26. The number of anilines is 2. The summed E-state index contributed by atoms with van der Waals surface area (Å²) in [7, 11) is 0. The molecule has 37 heavy (non-hydrogen) atoms.